The average molecular weight is 769 g/mol. The normalized spacial score (nSPS) is 11.3. The lowest BCUT2D eigenvalue weighted by molar-refractivity contribution is 0.669. The topological polar surface area (TPSA) is 55.1 Å². The third-order valence-electron chi connectivity index (χ3n) is 11.1. The Morgan fingerprint density at radius 2 is 0.817 bits per heavy atom. The van der Waals surface area contributed by atoms with Crippen LogP contribution >= 0.6 is 0 Å². The summed E-state index contributed by atoms with van der Waals surface area (Å²) in [7, 11) is 0. The summed E-state index contributed by atoms with van der Waals surface area (Å²) < 4.78 is 6.59. The number of aromatic nitrogens is 3. The largest absolute Gasteiger partial charge is 0.456 e. The van der Waals surface area contributed by atoms with Gasteiger partial charge in [0.25, 0.3) is 0 Å². The fourth-order valence-corrected chi connectivity index (χ4v) is 8.12. The van der Waals surface area contributed by atoms with Gasteiger partial charge in [0.15, 0.2) is 17.5 Å². The van der Waals surface area contributed by atoms with Crippen LogP contribution in [0.2, 0.25) is 0 Å². The van der Waals surface area contributed by atoms with Crippen molar-refractivity contribution in [1.82, 2.24) is 15.0 Å². The first-order valence-corrected chi connectivity index (χ1v) is 20.1. The van der Waals surface area contributed by atoms with Crippen LogP contribution in [0.5, 0.6) is 0 Å². The van der Waals surface area contributed by atoms with Crippen molar-refractivity contribution in [2.75, 3.05) is 4.90 Å². The van der Waals surface area contributed by atoms with Gasteiger partial charge in [0.05, 0.1) is 0 Å². The van der Waals surface area contributed by atoms with Crippen LogP contribution in [-0.2, 0) is 0 Å². The maximum atomic E-state index is 6.59. The Kier molecular flexibility index (Phi) is 8.75. The predicted octanol–water partition coefficient (Wildman–Crippen LogP) is 14.7. The molecule has 0 aliphatic heterocycles. The third kappa shape index (κ3) is 6.54. The van der Waals surface area contributed by atoms with E-state index in [0.717, 1.165) is 77.9 Å². The highest BCUT2D eigenvalue weighted by Crippen LogP contribution is 2.41. The second-order valence-electron chi connectivity index (χ2n) is 14.9. The van der Waals surface area contributed by atoms with Gasteiger partial charge in [-0.25, -0.2) is 15.0 Å². The second-order valence-corrected chi connectivity index (χ2v) is 14.9. The molecule has 0 amide bonds. The van der Waals surface area contributed by atoms with E-state index in [0.29, 0.717) is 17.5 Å². The summed E-state index contributed by atoms with van der Waals surface area (Å²) in [6.07, 6.45) is 0. The van der Waals surface area contributed by atoms with E-state index < -0.39 is 0 Å². The molecule has 0 saturated carbocycles. The first-order chi connectivity index (χ1) is 29.7. The van der Waals surface area contributed by atoms with Gasteiger partial charge >= 0.3 is 0 Å². The van der Waals surface area contributed by atoms with E-state index in [1.165, 1.54) is 10.8 Å². The maximum Gasteiger partial charge on any atom is 0.164 e. The van der Waals surface area contributed by atoms with Crippen LogP contribution < -0.4 is 4.90 Å². The van der Waals surface area contributed by atoms with Gasteiger partial charge in [0, 0.05) is 44.5 Å². The highest BCUT2D eigenvalue weighted by molar-refractivity contribution is 6.13. The van der Waals surface area contributed by atoms with Gasteiger partial charge < -0.3 is 9.32 Å². The number of nitrogens with zero attached hydrogens (tertiary/aromatic N) is 4. The minimum atomic E-state index is 0.576. The fraction of sp³-hybridized carbons (Fsp3) is 0. The molecule has 0 unspecified atom stereocenters. The quantitative estimate of drug-likeness (QED) is 0.154. The van der Waals surface area contributed by atoms with Crippen molar-refractivity contribution in [3.8, 4) is 56.4 Å². The highest BCUT2D eigenvalue weighted by Gasteiger charge is 2.20. The summed E-state index contributed by atoms with van der Waals surface area (Å²) in [6, 6.07) is 75.8. The van der Waals surface area contributed by atoms with E-state index >= 15 is 0 Å². The first kappa shape index (κ1) is 35.0. The van der Waals surface area contributed by atoms with E-state index in [9.17, 15) is 0 Å². The highest BCUT2D eigenvalue weighted by atomic mass is 16.3. The molecule has 9 aromatic carbocycles. The van der Waals surface area contributed by atoms with Crippen LogP contribution in [0.15, 0.2) is 223 Å². The third-order valence-corrected chi connectivity index (χ3v) is 11.1. The molecule has 0 fully saturated rings. The SMILES string of the molecule is c1ccc(-c2nc(-c3ccc(-c4ccc5ccccc5c4)cc3)nc(-c3cc(-c4ccc(N(c5ccccc5)c5ccccc5)cc4)cc4oc5ccccc5c34)n2)cc1. The van der Waals surface area contributed by atoms with E-state index in [-0.39, 0.29) is 0 Å². The molecule has 60 heavy (non-hydrogen) atoms. The maximum absolute atomic E-state index is 6.59. The Morgan fingerprint density at radius 1 is 0.317 bits per heavy atom. The molecular formula is C55H36N4O. The number of benzene rings is 9. The number of hydrogen-bond donors (Lipinski definition) is 0. The molecule has 0 spiro atoms. The standard InChI is InChI=1S/C55H36N4O/c1-4-15-40(16-5-1)53-56-54(41-27-24-38(25-28-41)43-29-26-37-14-10-11-17-42(37)34-43)58-55(57-53)49-35-44(36-51-52(49)48-22-12-13-23-50(48)60-51)39-30-32-47(33-31-39)59(45-18-6-2-7-19-45)46-20-8-3-9-21-46/h1-36H. The number of fused-ring (bicyclic) bond motifs is 4. The van der Waals surface area contributed by atoms with Crippen molar-refractivity contribution >= 4 is 49.8 Å². The number of furan rings is 1. The molecule has 2 aromatic heterocycles. The van der Waals surface area contributed by atoms with E-state index in [1.807, 2.05) is 60.7 Å². The minimum absolute atomic E-state index is 0.576. The minimum Gasteiger partial charge on any atom is -0.456 e. The Morgan fingerprint density at radius 3 is 1.52 bits per heavy atom. The van der Waals surface area contributed by atoms with Crippen LogP contribution in [0.3, 0.4) is 0 Å². The van der Waals surface area contributed by atoms with E-state index in [2.05, 4.69) is 163 Å². The molecule has 0 radical (unpaired) electrons. The van der Waals surface area contributed by atoms with E-state index in [4.69, 9.17) is 19.4 Å². The van der Waals surface area contributed by atoms with Gasteiger partial charge in [-0.15, -0.1) is 0 Å². The van der Waals surface area contributed by atoms with Gasteiger partial charge in [0.1, 0.15) is 11.2 Å². The molecule has 0 aliphatic rings. The van der Waals surface area contributed by atoms with Crippen LogP contribution in [0, 0.1) is 0 Å². The second kappa shape index (κ2) is 15.0. The van der Waals surface area contributed by atoms with Crippen molar-refractivity contribution in [1.29, 1.82) is 0 Å². The fourth-order valence-electron chi connectivity index (χ4n) is 8.12. The van der Waals surface area contributed by atoms with Crippen molar-refractivity contribution in [3.63, 3.8) is 0 Å². The number of hydrogen-bond acceptors (Lipinski definition) is 5. The zero-order chi connectivity index (χ0) is 39.8. The van der Waals surface area contributed by atoms with Crippen LogP contribution in [-0.4, -0.2) is 15.0 Å². The Balaban J connectivity index is 1.05. The molecular weight excluding hydrogens is 733 g/mol. The summed E-state index contributed by atoms with van der Waals surface area (Å²) in [4.78, 5) is 17.8. The van der Waals surface area contributed by atoms with Gasteiger partial charge in [-0.2, -0.15) is 0 Å². The number of anilines is 3. The summed E-state index contributed by atoms with van der Waals surface area (Å²) in [6.45, 7) is 0. The summed E-state index contributed by atoms with van der Waals surface area (Å²) >= 11 is 0. The zero-order valence-corrected chi connectivity index (χ0v) is 32.5. The molecule has 282 valence electrons. The van der Waals surface area contributed by atoms with Crippen LogP contribution in [0.4, 0.5) is 17.1 Å². The summed E-state index contributed by atoms with van der Waals surface area (Å²) in [5, 5.41) is 4.41. The molecule has 11 rings (SSSR count). The molecule has 5 heteroatoms. The Hall–Kier alpha value is -8.15. The zero-order valence-electron chi connectivity index (χ0n) is 32.5. The lowest BCUT2D eigenvalue weighted by Gasteiger charge is -2.25. The summed E-state index contributed by atoms with van der Waals surface area (Å²) in [5.41, 5.74) is 11.8. The molecule has 0 saturated heterocycles. The molecule has 0 aliphatic carbocycles. The number of para-hydroxylation sites is 3. The van der Waals surface area contributed by atoms with Crippen molar-refractivity contribution < 1.29 is 4.42 Å². The van der Waals surface area contributed by atoms with Gasteiger partial charge in [-0.1, -0.05) is 158 Å². The molecule has 0 atom stereocenters. The molecule has 11 aromatic rings. The van der Waals surface area contributed by atoms with Crippen LogP contribution in [0.25, 0.3) is 89.1 Å². The lowest BCUT2D eigenvalue weighted by atomic mass is 9.97. The van der Waals surface area contributed by atoms with Gasteiger partial charge in [-0.3, -0.25) is 0 Å². The molecule has 0 N–H and O–H groups in total. The Bertz CT molecular complexity index is 3250. The van der Waals surface area contributed by atoms with Crippen LogP contribution in [0.1, 0.15) is 0 Å². The Labute approximate surface area is 347 Å². The predicted molar refractivity (Wildman–Crippen MR) is 246 cm³/mol. The average Bonchev–Trinajstić information content (AvgIpc) is 3.71. The van der Waals surface area contributed by atoms with Crippen molar-refractivity contribution in [2.24, 2.45) is 0 Å². The summed E-state index contributed by atoms with van der Waals surface area (Å²) in [5.74, 6) is 1.78. The van der Waals surface area contributed by atoms with Gasteiger partial charge in [0.2, 0.25) is 0 Å². The van der Waals surface area contributed by atoms with Gasteiger partial charge in [-0.05, 0) is 93.7 Å². The smallest absolute Gasteiger partial charge is 0.164 e. The molecule has 2 heterocycles. The van der Waals surface area contributed by atoms with E-state index in [1.54, 1.807) is 0 Å². The van der Waals surface area contributed by atoms with Crippen molar-refractivity contribution in [2.45, 2.75) is 0 Å². The molecule has 0 bridgehead atoms. The number of rotatable bonds is 8. The monoisotopic (exact) mass is 768 g/mol. The lowest BCUT2D eigenvalue weighted by Crippen LogP contribution is -2.09. The molecule has 5 nitrogen and oxygen atoms in total. The first-order valence-electron chi connectivity index (χ1n) is 20.1. The van der Waals surface area contributed by atoms with Crippen molar-refractivity contribution in [3.05, 3.63) is 218 Å².